The molecule has 2 bridgehead atoms. The van der Waals surface area contributed by atoms with Gasteiger partial charge >= 0.3 is 0 Å². The minimum absolute atomic E-state index is 0.627. The molecule has 1 aromatic rings. The quantitative estimate of drug-likeness (QED) is 0.775. The van der Waals surface area contributed by atoms with Crippen LogP contribution in [-0.4, -0.2) is 12.3 Å². The Labute approximate surface area is 117 Å². The average molecular weight is 283 g/mol. The normalized spacial score (nSPS) is 29.1. The SMILES string of the molecule is FC(F)Sc1ccccc1NCC1CC2CCC1C2. The largest absolute Gasteiger partial charge is 0.384 e. The third-order valence-electron chi connectivity index (χ3n) is 4.54. The van der Waals surface area contributed by atoms with Crippen molar-refractivity contribution in [2.75, 3.05) is 11.9 Å². The number of anilines is 1. The van der Waals surface area contributed by atoms with Crippen LogP contribution in [0.15, 0.2) is 29.2 Å². The second kappa shape index (κ2) is 5.70. The summed E-state index contributed by atoms with van der Waals surface area (Å²) in [5.41, 5.74) is 0.857. The van der Waals surface area contributed by atoms with E-state index in [-0.39, 0.29) is 0 Å². The lowest BCUT2D eigenvalue weighted by Crippen LogP contribution is -2.20. The molecule has 2 saturated carbocycles. The number of rotatable bonds is 5. The van der Waals surface area contributed by atoms with E-state index in [0.717, 1.165) is 30.0 Å². The molecule has 0 amide bonds. The molecule has 2 aliphatic rings. The van der Waals surface area contributed by atoms with Gasteiger partial charge in [0.2, 0.25) is 0 Å². The molecule has 0 spiro atoms. The maximum absolute atomic E-state index is 12.5. The Hall–Kier alpha value is -0.770. The zero-order valence-corrected chi connectivity index (χ0v) is 11.6. The highest BCUT2D eigenvalue weighted by Gasteiger charge is 2.39. The standard InChI is InChI=1S/C15H19F2NS/c16-15(17)19-14-4-2-1-3-13(14)18-9-12-8-10-5-6-11(12)7-10/h1-4,10-12,15,18H,5-9H2. The minimum atomic E-state index is -2.36. The van der Waals surface area contributed by atoms with Gasteiger partial charge in [-0.25, -0.2) is 0 Å². The van der Waals surface area contributed by atoms with Crippen LogP contribution < -0.4 is 5.32 Å². The summed E-state index contributed by atoms with van der Waals surface area (Å²) in [5.74, 6) is 0.184. The van der Waals surface area contributed by atoms with Crippen molar-refractivity contribution >= 4 is 17.4 Å². The van der Waals surface area contributed by atoms with Crippen LogP contribution in [0.2, 0.25) is 0 Å². The van der Waals surface area contributed by atoms with Gasteiger partial charge in [-0.1, -0.05) is 30.3 Å². The molecule has 19 heavy (non-hydrogen) atoms. The lowest BCUT2D eigenvalue weighted by Gasteiger charge is -2.23. The smallest absolute Gasteiger partial charge is 0.288 e. The van der Waals surface area contributed by atoms with Crippen LogP contribution in [0.1, 0.15) is 25.7 Å². The van der Waals surface area contributed by atoms with Gasteiger partial charge in [-0.3, -0.25) is 0 Å². The second-order valence-electron chi connectivity index (χ2n) is 5.69. The van der Waals surface area contributed by atoms with Crippen molar-refractivity contribution in [2.45, 2.75) is 36.3 Å². The Morgan fingerprint density at radius 1 is 1.21 bits per heavy atom. The Kier molecular flexibility index (Phi) is 3.96. The van der Waals surface area contributed by atoms with Crippen LogP contribution in [0, 0.1) is 17.8 Å². The summed E-state index contributed by atoms with van der Waals surface area (Å²) < 4.78 is 25.0. The molecule has 1 N–H and O–H groups in total. The van der Waals surface area contributed by atoms with Crippen molar-refractivity contribution < 1.29 is 8.78 Å². The van der Waals surface area contributed by atoms with Crippen molar-refractivity contribution in [1.29, 1.82) is 0 Å². The molecule has 4 heteroatoms. The van der Waals surface area contributed by atoms with Gasteiger partial charge in [0.25, 0.3) is 5.76 Å². The van der Waals surface area contributed by atoms with Gasteiger partial charge in [-0.15, -0.1) is 0 Å². The molecule has 1 aromatic carbocycles. The number of halogens is 2. The number of fused-ring (bicyclic) bond motifs is 2. The van der Waals surface area contributed by atoms with E-state index in [0.29, 0.717) is 16.7 Å². The molecule has 0 aromatic heterocycles. The van der Waals surface area contributed by atoms with Crippen molar-refractivity contribution in [1.82, 2.24) is 0 Å². The third-order valence-corrected chi connectivity index (χ3v) is 5.33. The molecule has 2 fully saturated rings. The summed E-state index contributed by atoms with van der Waals surface area (Å²) in [6.07, 6.45) is 5.48. The highest BCUT2D eigenvalue weighted by Crippen LogP contribution is 2.48. The molecule has 3 unspecified atom stereocenters. The number of hydrogen-bond acceptors (Lipinski definition) is 2. The van der Waals surface area contributed by atoms with Gasteiger partial charge < -0.3 is 5.32 Å². The van der Waals surface area contributed by atoms with Crippen LogP contribution in [-0.2, 0) is 0 Å². The van der Waals surface area contributed by atoms with Crippen molar-refractivity contribution in [2.24, 2.45) is 17.8 Å². The van der Waals surface area contributed by atoms with Crippen molar-refractivity contribution in [3.63, 3.8) is 0 Å². The summed E-state index contributed by atoms with van der Waals surface area (Å²) in [6, 6.07) is 7.38. The van der Waals surface area contributed by atoms with E-state index in [1.54, 1.807) is 6.07 Å². The molecule has 0 aliphatic heterocycles. The minimum Gasteiger partial charge on any atom is -0.384 e. The van der Waals surface area contributed by atoms with Gasteiger partial charge in [0, 0.05) is 17.1 Å². The lowest BCUT2D eigenvalue weighted by atomic mass is 9.89. The highest BCUT2D eigenvalue weighted by atomic mass is 32.2. The Morgan fingerprint density at radius 2 is 2.05 bits per heavy atom. The zero-order valence-electron chi connectivity index (χ0n) is 10.8. The van der Waals surface area contributed by atoms with Crippen molar-refractivity contribution in [3.05, 3.63) is 24.3 Å². The first kappa shape index (κ1) is 13.2. The molecule has 1 nitrogen and oxygen atoms in total. The predicted octanol–water partition coefficient (Wildman–Crippen LogP) is 4.85. The van der Waals surface area contributed by atoms with Gasteiger partial charge in [0.1, 0.15) is 0 Å². The van der Waals surface area contributed by atoms with Gasteiger partial charge in [0.05, 0.1) is 0 Å². The fraction of sp³-hybridized carbons (Fsp3) is 0.600. The van der Waals surface area contributed by atoms with Crippen molar-refractivity contribution in [3.8, 4) is 0 Å². The van der Waals surface area contributed by atoms with E-state index in [9.17, 15) is 8.78 Å². The molecular weight excluding hydrogens is 264 g/mol. The molecular formula is C15H19F2NS. The second-order valence-corrected chi connectivity index (χ2v) is 6.72. The van der Waals surface area contributed by atoms with E-state index < -0.39 is 5.76 Å². The maximum Gasteiger partial charge on any atom is 0.288 e. The van der Waals surface area contributed by atoms with Crippen LogP contribution in [0.25, 0.3) is 0 Å². The molecule has 104 valence electrons. The fourth-order valence-electron chi connectivity index (χ4n) is 3.68. The molecule has 0 saturated heterocycles. The predicted molar refractivity (Wildman–Crippen MR) is 75.7 cm³/mol. The fourth-order valence-corrected chi connectivity index (χ4v) is 4.30. The summed E-state index contributed by atoms with van der Waals surface area (Å²) in [7, 11) is 0. The molecule has 0 radical (unpaired) electrons. The molecule has 0 heterocycles. The molecule has 2 aliphatic carbocycles. The zero-order chi connectivity index (χ0) is 13.2. The van der Waals surface area contributed by atoms with Crippen LogP contribution in [0.4, 0.5) is 14.5 Å². The Bertz CT molecular complexity index is 438. The number of benzene rings is 1. The van der Waals surface area contributed by atoms with E-state index >= 15 is 0 Å². The monoisotopic (exact) mass is 283 g/mol. The van der Waals surface area contributed by atoms with E-state index in [4.69, 9.17) is 0 Å². The number of thioether (sulfide) groups is 1. The van der Waals surface area contributed by atoms with Gasteiger partial charge in [-0.2, -0.15) is 8.78 Å². The van der Waals surface area contributed by atoms with Gasteiger partial charge in [0.15, 0.2) is 0 Å². The third kappa shape index (κ3) is 3.04. The number of alkyl halides is 2. The maximum atomic E-state index is 12.5. The Morgan fingerprint density at radius 3 is 2.74 bits per heavy atom. The van der Waals surface area contributed by atoms with E-state index in [1.165, 1.54) is 25.7 Å². The summed E-state index contributed by atoms with van der Waals surface area (Å²) >= 11 is 0.627. The average Bonchev–Trinajstić information content (AvgIpc) is 2.99. The summed E-state index contributed by atoms with van der Waals surface area (Å²) in [4.78, 5) is 0.653. The first-order valence-electron chi connectivity index (χ1n) is 7.00. The van der Waals surface area contributed by atoms with Crippen LogP contribution in [0.5, 0.6) is 0 Å². The van der Waals surface area contributed by atoms with E-state index in [2.05, 4.69) is 5.32 Å². The van der Waals surface area contributed by atoms with Crippen LogP contribution in [0.3, 0.4) is 0 Å². The topological polar surface area (TPSA) is 12.0 Å². The number of hydrogen-bond donors (Lipinski definition) is 1. The van der Waals surface area contributed by atoms with Gasteiger partial charge in [-0.05, 0) is 49.1 Å². The van der Waals surface area contributed by atoms with E-state index in [1.807, 2.05) is 18.2 Å². The summed E-state index contributed by atoms with van der Waals surface area (Å²) in [6.45, 7) is 0.933. The number of nitrogens with one attached hydrogen (secondary N) is 1. The summed E-state index contributed by atoms with van der Waals surface area (Å²) in [5, 5.41) is 3.39. The first-order valence-corrected chi connectivity index (χ1v) is 7.88. The molecule has 3 atom stereocenters. The number of para-hydroxylation sites is 1. The van der Waals surface area contributed by atoms with Crippen LogP contribution >= 0.6 is 11.8 Å². The Balaban J connectivity index is 1.60. The first-order chi connectivity index (χ1) is 9.22. The molecule has 3 rings (SSSR count). The lowest BCUT2D eigenvalue weighted by molar-refractivity contribution is 0.252. The highest BCUT2D eigenvalue weighted by molar-refractivity contribution is 7.99.